The Labute approximate surface area is 139 Å². The summed E-state index contributed by atoms with van der Waals surface area (Å²) in [5.41, 5.74) is 4.82. The minimum Gasteiger partial charge on any atom is -0.508 e. The Kier molecular flexibility index (Phi) is 4.35. The molecule has 0 saturated carbocycles. The summed E-state index contributed by atoms with van der Waals surface area (Å²) in [4.78, 5) is 12.8. The van der Waals surface area contributed by atoms with Gasteiger partial charge in [0.05, 0.1) is 0 Å². The number of allylic oxidation sites excluding steroid dienone is 2. The fraction of sp³-hybridized carbons (Fsp3) is 0.571. The maximum Gasteiger partial charge on any atom is 0.161 e. The van der Waals surface area contributed by atoms with Crippen LogP contribution in [0.3, 0.4) is 0 Å². The lowest BCUT2D eigenvalue weighted by molar-refractivity contribution is -0.120. The molecule has 23 heavy (non-hydrogen) atoms. The van der Waals surface area contributed by atoms with E-state index in [-0.39, 0.29) is 11.3 Å². The van der Waals surface area contributed by atoms with Gasteiger partial charge in [-0.15, -0.1) is 0 Å². The normalized spacial score (nSPS) is 26.4. The molecule has 2 aliphatic carbocycles. The molecule has 0 saturated heterocycles. The zero-order valence-electron chi connectivity index (χ0n) is 14.6. The van der Waals surface area contributed by atoms with Gasteiger partial charge in [-0.3, -0.25) is 4.79 Å². The van der Waals surface area contributed by atoms with Gasteiger partial charge in [0, 0.05) is 11.3 Å². The number of benzene rings is 1. The molecule has 0 aliphatic heterocycles. The average Bonchev–Trinajstić information content (AvgIpc) is 2.84. The van der Waals surface area contributed by atoms with Gasteiger partial charge in [0.2, 0.25) is 0 Å². The summed E-state index contributed by atoms with van der Waals surface area (Å²) in [5.74, 6) is 0.876. The highest BCUT2D eigenvalue weighted by Crippen LogP contribution is 2.58. The third kappa shape index (κ3) is 2.62. The first-order valence-corrected chi connectivity index (χ1v) is 9.10. The van der Waals surface area contributed by atoms with Crippen LogP contribution in [0, 0.1) is 11.3 Å². The van der Waals surface area contributed by atoms with E-state index in [0.29, 0.717) is 11.5 Å². The Bertz CT molecular complexity index is 656. The SMILES string of the molecule is CCCCC12Cc3cc(O)ccc3C1=C(C)C(=O)C(CCC)C2. The fourth-order valence-corrected chi connectivity index (χ4v) is 4.89. The molecule has 1 aromatic carbocycles. The van der Waals surface area contributed by atoms with Gasteiger partial charge < -0.3 is 5.11 Å². The van der Waals surface area contributed by atoms with Crippen LogP contribution in [-0.2, 0) is 11.2 Å². The highest BCUT2D eigenvalue weighted by molar-refractivity contribution is 6.07. The number of aromatic hydroxyl groups is 1. The maximum absolute atomic E-state index is 12.8. The lowest BCUT2D eigenvalue weighted by Crippen LogP contribution is -2.34. The number of rotatable bonds is 5. The number of Topliss-reactive ketones (excluding diaryl/α,β-unsaturated/α-hetero) is 1. The van der Waals surface area contributed by atoms with Crippen LogP contribution < -0.4 is 0 Å². The third-order valence-electron chi connectivity index (χ3n) is 5.82. The van der Waals surface area contributed by atoms with Crippen LogP contribution in [-0.4, -0.2) is 10.9 Å². The Hall–Kier alpha value is -1.57. The molecule has 0 aromatic heterocycles. The van der Waals surface area contributed by atoms with Crippen LogP contribution in [0.2, 0.25) is 0 Å². The zero-order valence-corrected chi connectivity index (χ0v) is 14.6. The van der Waals surface area contributed by atoms with E-state index in [1.165, 1.54) is 29.5 Å². The first kappa shape index (κ1) is 16.3. The van der Waals surface area contributed by atoms with Crippen molar-refractivity contribution in [3.05, 3.63) is 34.9 Å². The van der Waals surface area contributed by atoms with Crippen molar-refractivity contribution in [1.29, 1.82) is 0 Å². The molecular weight excluding hydrogens is 284 g/mol. The first-order chi connectivity index (χ1) is 11.0. The third-order valence-corrected chi connectivity index (χ3v) is 5.82. The Morgan fingerprint density at radius 2 is 2.04 bits per heavy atom. The molecule has 0 radical (unpaired) electrons. The molecular formula is C21H28O2. The van der Waals surface area contributed by atoms with Crippen LogP contribution in [0.5, 0.6) is 5.75 Å². The molecule has 2 unspecified atom stereocenters. The fourth-order valence-electron chi connectivity index (χ4n) is 4.89. The zero-order chi connectivity index (χ0) is 16.6. The van der Waals surface area contributed by atoms with Gasteiger partial charge >= 0.3 is 0 Å². The summed E-state index contributed by atoms with van der Waals surface area (Å²) >= 11 is 0. The van der Waals surface area contributed by atoms with Gasteiger partial charge in [-0.2, -0.15) is 0 Å². The van der Waals surface area contributed by atoms with E-state index >= 15 is 0 Å². The second-order valence-corrected chi connectivity index (χ2v) is 7.46. The van der Waals surface area contributed by atoms with E-state index < -0.39 is 0 Å². The van der Waals surface area contributed by atoms with Crippen molar-refractivity contribution < 1.29 is 9.90 Å². The summed E-state index contributed by atoms with van der Waals surface area (Å²) in [7, 11) is 0. The van der Waals surface area contributed by atoms with E-state index in [1.54, 1.807) is 6.07 Å². The Balaban J connectivity index is 2.11. The van der Waals surface area contributed by atoms with Crippen molar-refractivity contribution in [1.82, 2.24) is 0 Å². The highest BCUT2D eigenvalue weighted by Gasteiger charge is 2.48. The largest absolute Gasteiger partial charge is 0.508 e. The summed E-state index contributed by atoms with van der Waals surface area (Å²) < 4.78 is 0. The molecule has 2 aliphatic rings. The van der Waals surface area contributed by atoms with Crippen LogP contribution in [0.25, 0.3) is 5.57 Å². The second-order valence-electron chi connectivity index (χ2n) is 7.46. The topological polar surface area (TPSA) is 37.3 Å². The van der Waals surface area contributed by atoms with Gasteiger partial charge in [0.15, 0.2) is 5.78 Å². The molecule has 0 fully saturated rings. The van der Waals surface area contributed by atoms with Crippen molar-refractivity contribution in [3.8, 4) is 5.75 Å². The van der Waals surface area contributed by atoms with Crippen molar-refractivity contribution in [2.45, 2.75) is 65.7 Å². The molecule has 0 heterocycles. The number of carbonyl (C=O) groups excluding carboxylic acids is 1. The number of hydrogen-bond acceptors (Lipinski definition) is 2. The van der Waals surface area contributed by atoms with Crippen molar-refractivity contribution in [2.24, 2.45) is 11.3 Å². The Morgan fingerprint density at radius 3 is 2.74 bits per heavy atom. The lowest BCUT2D eigenvalue weighted by atomic mass is 9.63. The van der Waals surface area contributed by atoms with Crippen molar-refractivity contribution in [2.75, 3.05) is 0 Å². The molecule has 0 spiro atoms. The number of fused-ring (bicyclic) bond motifs is 3. The molecule has 1 N–H and O–H groups in total. The molecule has 124 valence electrons. The predicted molar refractivity (Wildman–Crippen MR) is 94.4 cm³/mol. The number of phenolic OH excluding ortho intramolecular Hbond substituents is 1. The average molecular weight is 312 g/mol. The molecule has 0 amide bonds. The smallest absolute Gasteiger partial charge is 0.161 e. The van der Waals surface area contributed by atoms with Crippen molar-refractivity contribution in [3.63, 3.8) is 0 Å². The lowest BCUT2D eigenvalue weighted by Gasteiger charge is -2.40. The van der Waals surface area contributed by atoms with E-state index in [4.69, 9.17) is 0 Å². The van der Waals surface area contributed by atoms with Crippen LogP contribution in [0.1, 0.15) is 70.4 Å². The monoisotopic (exact) mass is 312 g/mol. The summed E-state index contributed by atoms with van der Waals surface area (Å²) in [5, 5.41) is 9.86. The van der Waals surface area contributed by atoms with Crippen molar-refractivity contribution >= 4 is 11.4 Å². The summed E-state index contributed by atoms with van der Waals surface area (Å²) in [6, 6.07) is 5.68. The van der Waals surface area contributed by atoms with E-state index in [9.17, 15) is 9.90 Å². The van der Waals surface area contributed by atoms with Gasteiger partial charge in [-0.25, -0.2) is 0 Å². The molecule has 0 bridgehead atoms. The Morgan fingerprint density at radius 1 is 1.26 bits per heavy atom. The van der Waals surface area contributed by atoms with Gasteiger partial charge in [0.25, 0.3) is 0 Å². The van der Waals surface area contributed by atoms with Gasteiger partial charge in [-0.1, -0.05) is 39.2 Å². The number of carbonyl (C=O) groups is 1. The highest BCUT2D eigenvalue weighted by atomic mass is 16.3. The maximum atomic E-state index is 12.8. The molecule has 3 rings (SSSR count). The summed E-state index contributed by atoms with van der Waals surface area (Å²) in [6.07, 6.45) is 7.57. The quantitative estimate of drug-likeness (QED) is 0.802. The molecule has 2 atom stereocenters. The molecule has 2 nitrogen and oxygen atoms in total. The summed E-state index contributed by atoms with van der Waals surface area (Å²) in [6.45, 7) is 6.43. The number of phenols is 1. The van der Waals surface area contributed by atoms with E-state index in [1.807, 2.05) is 19.1 Å². The van der Waals surface area contributed by atoms with E-state index in [2.05, 4.69) is 13.8 Å². The standard InChI is InChI=1S/C21H28O2/c1-4-6-10-21-12-15(7-5-2)20(23)14(3)19(21)18-9-8-17(22)11-16(18)13-21/h8-9,11,15,22H,4-7,10,12-13H2,1-3H3. The van der Waals surface area contributed by atoms with Crippen LogP contribution in [0.15, 0.2) is 23.8 Å². The number of hydrogen-bond donors (Lipinski definition) is 1. The molecule has 2 heteroatoms. The van der Waals surface area contributed by atoms with Gasteiger partial charge in [0.1, 0.15) is 5.75 Å². The predicted octanol–water partition coefficient (Wildman–Crippen LogP) is 5.29. The minimum atomic E-state index is 0.115. The number of unbranched alkanes of at least 4 members (excludes halogenated alkanes) is 1. The van der Waals surface area contributed by atoms with Gasteiger partial charge in [-0.05, 0) is 67.0 Å². The first-order valence-electron chi connectivity index (χ1n) is 9.10. The number of ketones is 1. The van der Waals surface area contributed by atoms with Crippen LogP contribution >= 0.6 is 0 Å². The second kappa shape index (κ2) is 6.14. The molecule has 1 aromatic rings. The minimum absolute atomic E-state index is 0.115. The van der Waals surface area contributed by atoms with Crippen LogP contribution in [0.4, 0.5) is 0 Å². The van der Waals surface area contributed by atoms with E-state index in [0.717, 1.165) is 37.7 Å².